The Kier molecular flexibility index (Phi) is 6.64. The first kappa shape index (κ1) is 21.4. The van der Waals surface area contributed by atoms with Crippen LogP contribution in [0.1, 0.15) is 30.0 Å². The maximum absolute atomic E-state index is 12.5. The minimum absolute atomic E-state index is 0. The highest BCUT2D eigenvalue weighted by Crippen LogP contribution is 2.49. The largest absolute Gasteiger partial charge is 0.468 e. The fraction of sp³-hybridized carbons (Fsp3) is 0.316. The molecule has 0 bridgehead atoms. The Hall–Kier alpha value is -1.93. The van der Waals surface area contributed by atoms with Crippen molar-refractivity contribution in [1.29, 1.82) is 0 Å². The average Bonchev–Trinajstić information content (AvgIpc) is 3.48. The van der Waals surface area contributed by atoms with Crippen molar-refractivity contribution in [1.82, 2.24) is 4.72 Å². The van der Waals surface area contributed by atoms with Gasteiger partial charge in [-0.3, -0.25) is 4.79 Å². The fourth-order valence-electron chi connectivity index (χ4n) is 2.99. The second-order valence-electron chi connectivity index (χ2n) is 6.47. The van der Waals surface area contributed by atoms with E-state index in [4.69, 9.17) is 10.5 Å². The van der Waals surface area contributed by atoms with Gasteiger partial charge in [0.25, 0.3) is 0 Å². The van der Waals surface area contributed by atoms with Gasteiger partial charge in [-0.05, 0) is 36.1 Å². The highest BCUT2D eigenvalue weighted by atomic mass is 35.5. The molecule has 0 radical (unpaired) electrons. The molecule has 0 spiro atoms. The summed E-state index contributed by atoms with van der Waals surface area (Å²) in [5, 5.41) is 0. The van der Waals surface area contributed by atoms with Crippen LogP contribution in [-0.2, 0) is 25.0 Å². The summed E-state index contributed by atoms with van der Waals surface area (Å²) in [6.07, 6.45) is 1.44. The van der Waals surface area contributed by atoms with E-state index in [1.807, 2.05) is 30.3 Å². The van der Waals surface area contributed by atoms with Crippen molar-refractivity contribution in [2.45, 2.75) is 29.2 Å². The van der Waals surface area contributed by atoms with Crippen LogP contribution < -0.4 is 10.5 Å². The smallest absolute Gasteiger partial charge is 0.316 e. The molecule has 3 N–H and O–H groups in total. The summed E-state index contributed by atoms with van der Waals surface area (Å²) in [4.78, 5) is 12.1. The van der Waals surface area contributed by atoms with Crippen LogP contribution in [-0.4, -0.2) is 28.0 Å². The number of ether oxygens (including phenoxy) is 1. The van der Waals surface area contributed by atoms with Crippen molar-refractivity contribution in [3.8, 4) is 0 Å². The number of nitrogens with two attached hydrogens (primary N) is 1. The molecule has 3 rings (SSSR count). The molecule has 27 heavy (non-hydrogen) atoms. The molecule has 2 aromatic carbocycles. The first-order valence-electron chi connectivity index (χ1n) is 8.38. The minimum atomic E-state index is -3.68. The lowest BCUT2D eigenvalue weighted by Crippen LogP contribution is -2.32. The number of sulfonamides is 1. The van der Waals surface area contributed by atoms with E-state index in [0.29, 0.717) is 0 Å². The Morgan fingerprint density at radius 1 is 1.15 bits per heavy atom. The van der Waals surface area contributed by atoms with E-state index in [9.17, 15) is 13.2 Å². The molecule has 6 nitrogen and oxygen atoms in total. The minimum Gasteiger partial charge on any atom is -0.468 e. The van der Waals surface area contributed by atoms with Crippen LogP contribution in [0.3, 0.4) is 0 Å². The molecule has 0 heterocycles. The van der Waals surface area contributed by atoms with Crippen molar-refractivity contribution < 1.29 is 17.9 Å². The number of hydrogen-bond acceptors (Lipinski definition) is 5. The molecule has 1 fully saturated rings. The summed E-state index contributed by atoms with van der Waals surface area (Å²) in [5.41, 5.74) is 7.07. The van der Waals surface area contributed by atoms with Gasteiger partial charge in [0, 0.05) is 12.6 Å². The Labute approximate surface area is 165 Å². The number of esters is 1. The lowest BCUT2D eigenvalue weighted by molar-refractivity contribution is -0.143. The molecular formula is C19H23ClN2O4S. The summed E-state index contributed by atoms with van der Waals surface area (Å²) in [5.74, 6) is -0.278. The van der Waals surface area contributed by atoms with E-state index >= 15 is 0 Å². The molecule has 146 valence electrons. The maximum Gasteiger partial charge on any atom is 0.316 e. The Morgan fingerprint density at radius 2 is 1.74 bits per heavy atom. The topological polar surface area (TPSA) is 98.5 Å². The number of methoxy groups -OCH3 is 1. The third-order valence-electron chi connectivity index (χ3n) is 4.76. The quantitative estimate of drug-likeness (QED) is 0.682. The molecule has 1 aliphatic rings. The van der Waals surface area contributed by atoms with Crippen LogP contribution in [0.5, 0.6) is 0 Å². The first-order valence-corrected chi connectivity index (χ1v) is 9.86. The Balaban J connectivity index is 0.00000261. The van der Waals surface area contributed by atoms with Gasteiger partial charge in [0.1, 0.15) is 0 Å². The van der Waals surface area contributed by atoms with Crippen molar-refractivity contribution in [3.05, 3.63) is 65.7 Å². The predicted octanol–water partition coefficient (Wildman–Crippen LogP) is 2.29. The van der Waals surface area contributed by atoms with Crippen LogP contribution in [0.4, 0.5) is 0 Å². The summed E-state index contributed by atoms with van der Waals surface area (Å²) in [6, 6.07) is 15.2. The third-order valence-corrected chi connectivity index (χ3v) is 6.20. The lowest BCUT2D eigenvalue weighted by Gasteiger charge is -2.15. The Morgan fingerprint density at radius 3 is 2.26 bits per heavy atom. The van der Waals surface area contributed by atoms with Crippen LogP contribution in [0.15, 0.2) is 59.5 Å². The van der Waals surface area contributed by atoms with Crippen molar-refractivity contribution in [3.63, 3.8) is 0 Å². The van der Waals surface area contributed by atoms with Crippen LogP contribution in [0.25, 0.3) is 0 Å². The first-order chi connectivity index (χ1) is 12.4. The molecule has 0 amide bonds. The summed E-state index contributed by atoms with van der Waals surface area (Å²) < 4.78 is 32.3. The summed E-state index contributed by atoms with van der Waals surface area (Å²) in [7, 11) is -2.31. The molecule has 8 heteroatoms. The number of rotatable bonds is 7. The highest BCUT2D eigenvalue weighted by Gasteiger charge is 2.52. The fourth-order valence-corrected chi connectivity index (χ4v) is 4.05. The number of hydrogen-bond donors (Lipinski definition) is 2. The second kappa shape index (κ2) is 8.39. The number of carbonyl (C=O) groups is 1. The van der Waals surface area contributed by atoms with Crippen LogP contribution in [0.2, 0.25) is 0 Å². The summed E-state index contributed by atoms with van der Waals surface area (Å²) in [6.45, 7) is 0.0974. The van der Waals surface area contributed by atoms with Gasteiger partial charge >= 0.3 is 5.97 Å². The number of nitrogens with one attached hydrogen (secondary N) is 1. The van der Waals surface area contributed by atoms with Gasteiger partial charge in [-0.25, -0.2) is 13.1 Å². The second-order valence-corrected chi connectivity index (χ2v) is 8.23. The molecule has 1 unspecified atom stereocenters. The lowest BCUT2D eigenvalue weighted by atomic mass is 9.96. The monoisotopic (exact) mass is 410 g/mol. The van der Waals surface area contributed by atoms with Gasteiger partial charge in [0.05, 0.1) is 17.4 Å². The standard InChI is InChI=1S/C19H22N2O4S.ClH/c1-25-18(22)19(11-12-19)15-7-9-16(10-8-15)26(23,24)21-13-17(20)14-5-3-2-4-6-14;/h2-10,17,21H,11-13,20H2,1H3;1H. The van der Waals surface area contributed by atoms with Gasteiger partial charge in [-0.15, -0.1) is 12.4 Å². The van der Waals surface area contributed by atoms with Gasteiger partial charge in [-0.1, -0.05) is 42.5 Å². The number of carbonyl (C=O) groups excluding carboxylic acids is 1. The van der Waals surface area contributed by atoms with Crippen LogP contribution in [0, 0.1) is 0 Å². The van der Waals surface area contributed by atoms with Crippen molar-refractivity contribution in [2.75, 3.05) is 13.7 Å². The highest BCUT2D eigenvalue weighted by molar-refractivity contribution is 7.89. The molecule has 1 atom stereocenters. The van der Waals surface area contributed by atoms with Gasteiger partial charge in [0.15, 0.2) is 0 Å². The van der Waals surface area contributed by atoms with Crippen molar-refractivity contribution >= 4 is 28.4 Å². The van der Waals surface area contributed by atoms with Crippen molar-refractivity contribution in [2.24, 2.45) is 5.73 Å². The zero-order chi connectivity index (χ0) is 18.8. The zero-order valence-corrected chi connectivity index (χ0v) is 16.6. The Bertz CT molecular complexity index is 882. The van der Waals surface area contributed by atoms with E-state index in [1.165, 1.54) is 19.2 Å². The van der Waals surface area contributed by atoms with Crippen LogP contribution >= 0.6 is 12.4 Å². The molecular weight excluding hydrogens is 388 g/mol. The molecule has 2 aromatic rings. The zero-order valence-electron chi connectivity index (χ0n) is 14.9. The summed E-state index contributed by atoms with van der Waals surface area (Å²) >= 11 is 0. The number of benzene rings is 2. The van der Waals surface area contributed by atoms with Gasteiger partial charge < -0.3 is 10.5 Å². The predicted molar refractivity (Wildman–Crippen MR) is 105 cm³/mol. The SMILES string of the molecule is COC(=O)C1(c2ccc(S(=O)(=O)NCC(N)c3ccccc3)cc2)CC1.Cl. The molecule has 0 saturated heterocycles. The maximum atomic E-state index is 12.5. The van der Waals surface area contributed by atoms with E-state index in [2.05, 4.69) is 4.72 Å². The van der Waals surface area contributed by atoms with E-state index in [1.54, 1.807) is 12.1 Å². The van der Waals surface area contributed by atoms with E-state index < -0.39 is 21.5 Å². The van der Waals surface area contributed by atoms with E-state index in [0.717, 1.165) is 24.0 Å². The van der Waals surface area contributed by atoms with Gasteiger partial charge in [0.2, 0.25) is 10.0 Å². The molecule has 0 aromatic heterocycles. The van der Waals surface area contributed by atoms with Gasteiger partial charge in [-0.2, -0.15) is 0 Å². The average molecular weight is 411 g/mol. The van der Waals surface area contributed by atoms with E-state index in [-0.39, 0.29) is 29.8 Å². The molecule has 1 saturated carbocycles. The molecule has 0 aliphatic heterocycles. The molecule has 1 aliphatic carbocycles. The normalized spacial score (nSPS) is 16.1. The number of halogens is 1. The third kappa shape index (κ3) is 4.50.